The minimum Gasteiger partial charge on any atom is -0.303 e. The maximum Gasteiger partial charge on any atom is 0.106 e. The molecule has 0 saturated carbocycles. The molecule has 0 fully saturated rings. The number of likely N-dealkylation sites (N-methyl/N-ethyl adjacent to an activating group) is 1. The van der Waals surface area contributed by atoms with E-state index in [9.17, 15) is 0 Å². The quantitative estimate of drug-likeness (QED) is 0.713. The van der Waals surface area contributed by atoms with Gasteiger partial charge in [-0.3, -0.25) is 0 Å². The van der Waals surface area contributed by atoms with Crippen molar-refractivity contribution in [1.82, 2.24) is 9.88 Å². The van der Waals surface area contributed by atoms with Crippen LogP contribution in [0.5, 0.6) is 0 Å². The van der Waals surface area contributed by atoms with Crippen LogP contribution in [-0.4, -0.2) is 29.5 Å². The first-order valence-electron chi connectivity index (χ1n) is 6.10. The molecule has 0 saturated heterocycles. The van der Waals surface area contributed by atoms with Crippen LogP contribution in [0, 0.1) is 0 Å². The van der Waals surface area contributed by atoms with Gasteiger partial charge in [-0.15, -0.1) is 0 Å². The Labute approximate surface area is 107 Å². The molecule has 3 heteroatoms. The third-order valence-corrected chi connectivity index (χ3v) is 3.17. The second-order valence-corrected chi connectivity index (χ2v) is 4.80. The predicted octanol–water partition coefficient (Wildman–Crippen LogP) is 3.51. The molecular weight excluding hydrogens is 264 g/mol. The summed E-state index contributed by atoms with van der Waals surface area (Å²) in [5, 5.41) is 0. The summed E-state index contributed by atoms with van der Waals surface area (Å²) in [6.07, 6.45) is 3.60. The van der Waals surface area contributed by atoms with Gasteiger partial charge in [-0.1, -0.05) is 26.3 Å². The van der Waals surface area contributed by atoms with Gasteiger partial charge in [0, 0.05) is 18.7 Å². The van der Waals surface area contributed by atoms with E-state index in [-0.39, 0.29) is 0 Å². The maximum atomic E-state index is 4.45. The topological polar surface area (TPSA) is 16.1 Å². The minimum absolute atomic E-state index is 0.932. The zero-order valence-corrected chi connectivity index (χ0v) is 11.8. The fraction of sp³-hybridized carbons (Fsp3) is 0.615. The van der Waals surface area contributed by atoms with E-state index in [4.69, 9.17) is 0 Å². The average Bonchev–Trinajstić information content (AvgIpc) is 2.29. The molecule has 1 rings (SSSR count). The van der Waals surface area contributed by atoms with Crippen LogP contribution >= 0.6 is 15.9 Å². The first-order chi connectivity index (χ1) is 7.76. The number of aromatic nitrogens is 1. The molecule has 1 aromatic rings. The standard InChI is InChI=1S/C13H21BrN2/c1-3-5-10-16(4-2)11-9-12-7-6-8-13(14)15-12/h6-8H,3-5,9-11H2,1-2H3. The van der Waals surface area contributed by atoms with E-state index in [1.807, 2.05) is 6.07 Å². The molecule has 0 N–H and O–H groups in total. The summed E-state index contributed by atoms with van der Waals surface area (Å²) in [6, 6.07) is 6.12. The normalized spacial score (nSPS) is 11.0. The smallest absolute Gasteiger partial charge is 0.106 e. The molecule has 0 aromatic carbocycles. The SMILES string of the molecule is CCCCN(CC)CCc1cccc(Br)n1. The van der Waals surface area contributed by atoms with Crippen molar-refractivity contribution in [2.45, 2.75) is 33.1 Å². The third-order valence-electron chi connectivity index (χ3n) is 2.73. The maximum absolute atomic E-state index is 4.45. The zero-order chi connectivity index (χ0) is 11.8. The summed E-state index contributed by atoms with van der Waals surface area (Å²) in [6.45, 7) is 7.92. The molecule has 0 bridgehead atoms. The Kier molecular flexibility index (Phi) is 6.65. The summed E-state index contributed by atoms with van der Waals surface area (Å²) >= 11 is 3.40. The molecule has 0 aliphatic heterocycles. The van der Waals surface area contributed by atoms with Gasteiger partial charge >= 0.3 is 0 Å². The molecule has 1 aromatic heterocycles. The Morgan fingerprint density at radius 3 is 2.69 bits per heavy atom. The number of nitrogens with zero attached hydrogens (tertiary/aromatic N) is 2. The van der Waals surface area contributed by atoms with Crippen molar-refractivity contribution < 1.29 is 0 Å². The highest BCUT2D eigenvalue weighted by Crippen LogP contribution is 2.07. The Morgan fingerprint density at radius 2 is 2.06 bits per heavy atom. The highest BCUT2D eigenvalue weighted by Gasteiger charge is 2.03. The number of unbranched alkanes of at least 4 members (excludes halogenated alkanes) is 1. The summed E-state index contributed by atoms with van der Waals surface area (Å²) < 4.78 is 0.932. The number of rotatable bonds is 7. The van der Waals surface area contributed by atoms with Crippen LogP contribution in [0.4, 0.5) is 0 Å². The van der Waals surface area contributed by atoms with Crippen LogP contribution in [0.25, 0.3) is 0 Å². The Morgan fingerprint density at radius 1 is 1.25 bits per heavy atom. The Bertz CT molecular complexity index is 302. The van der Waals surface area contributed by atoms with Crippen LogP contribution < -0.4 is 0 Å². The molecule has 2 nitrogen and oxygen atoms in total. The van der Waals surface area contributed by atoms with Crippen LogP contribution in [-0.2, 0) is 6.42 Å². The van der Waals surface area contributed by atoms with Gasteiger partial charge in [0.15, 0.2) is 0 Å². The number of pyridine rings is 1. The largest absolute Gasteiger partial charge is 0.303 e. The fourth-order valence-electron chi connectivity index (χ4n) is 1.67. The number of halogens is 1. The first-order valence-corrected chi connectivity index (χ1v) is 6.89. The summed E-state index contributed by atoms with van der Waals surface area (Å²) in [7, 11) is 0. The van der Waals surface area contributed by atoms with Crippen LogP contribution in [0.2, 0.25) is 0 Å². The zero-order valence-electron chi connectivity index (χ0n) is 10.2. The third kappa shape index (κ3) is 5.08. The van der Waals surface area contributed by atoms with E-state index in [1.165, 1.54) is 25.1 Å². The Hall–Kier alpha value is -0.410. The lowest BCUT2D eigenvalue weighted by atomic mass is 10.2. The van der Waals surface area contributed by atoms with Crippen molar-refractivity contribution in [2.75, 3.05) is 19.6 Å². The van der Waals surface area contributed by atoms with Gasteiger partial charge in [0.05, 0.1) is 0 Å². The van der Waals surface area contributed by atoms with E-state index in [2.05, 4.69) is 51.8 Å². The molecule has 0 amide bonds. The second kappa shape index (κ2) is 7.80. The van der Waals surface area contributed by atoms with Gasteiger partial charge in [0.1, 0.15) is 4.60 Å². The highest BCUT2D eigenvalue weighted by molar-refractivity contribution is 9.10. The molecule has 16 heavy (non-hydrogen) atoms. The predicted molar refractivity (Wildman–Crippen MR) is 72.7 cm³/mol. The van der Waals surface area contributed by atoms with Gasteiger partial charge in [0.2, 0.25) is 0 Å². The lowest BCUT2D eigenvalue weighted by Gasteiger charge is -2.19. The van der Waals surface area contributed by atoms with Crippen molar-refractivity contribution in [3.8, 4) is 0 Å². The van der Waals surface area contributed by atoms with E-state index < -0.39 is 0 Å². The van der Waals surface area contributed by atoms with Gasteiger partial charge < -0.3 is 4.90 Å². The molecular formula is C13H21BrN2. The number of hydrogen-bond donors (Lipinski definition) is 0. The lowest BCUT2D eigenvalue weighted by molar-refractivity contribution is 0.286. The molecule has 0 aliphatic carbocycles. The first kappa shape index (κ1) is 13.7. The van der Waals surface area contributed by atoms with Crippen molar-refractivity contribution in [2.24, 2.45) is 0 Å². The molecule has 90 valence electrons. The average molecular weight is 285 g/mol. The van der Waals surface area contributed by atoms with Gasteiger partial charge in [-0.05, 0) is 47.6 Å². The molecule has 0 atom stereocenters. The van der Waals surface area contributed by atoms with E-state index in [1.54, 1.807) is 0 Å². The van der Waals surface area contributed by atoms with Gasteiger partial charge in [-0.2, -0.15) is 0 Å². The molecule has 0 radical (unpaired) electrons. The Balaban J connectivity index is 2.37. The highest BCUT2D eigenvalue weighted by atomic mass is 79.9. The summed E-state index contributed by atoms with van der Waals surface area (Å²) in [4.78, 5) is 6.94. The van der Waals surface area contributed by atoms with Crippen LogP contribution in [0.15, 0.2) is 22.8 Å². The molecule has 0 aliphatic rings. The second-order valence-electron chi connectivity index (χ2n) is 3.99. The van der Waals surface area contributed by atoms with E-state index >= 15 is 0 Å². The van der Waals surface area contributed by atoms with E-state index in [0.29, 0.717) is 0 Å². The van der Waals surface area contributed by atoms with Crippen LogP contribution in [0.3, 0.4) is 0 Å². The van der Waals surface area contributed by atoms with Gasteiger partial charge in [0.25, 0.3) is 0 Å². The van der Waals surface area contributed by atoms with Gasteiger partial charge in [-0.25, -0.2) is 4.98 Å². The molecule has 0 spiro atoms. The lowest BCUT2D eigenvalue weighted by Crippen LogP contribution is -2.27. The fourth-order valence-corrected chi connectivity index (χ4v) is 2.05. The summed E-state index contributed by atoms with van der Waals surface area (Å²) in [5.41, 5.74) is 1.17. The molecule has 0 unspecified atom stereocenters. The molecule has 1 heterocycles. The summed E-state index contributed by atoms with van der Waals surface area (Å²) in [5.74, 6) is 0. The number of hydrogen-bond acceptors (Lipinski definition) is 2. The van der Waals surface area contributed by atoms with Crippen molar-refractivity contribution in [1.29, 1.82) is 0 Å². The minimum atomic E-state index is 0.932. The van der Waals surface area contributed by atoms with Crippen molar-refractivity contribution in [3.05, 3.63) is 28.5 Å². The van der Waals surface area contributed by atoms with Crippen molar-refractivity contribution in [3.63, 3.8) is 0 Å². The van der Waals surface area contributed by atoms with Crippen molar-refractivity contribution >= 4 is 15.9 Å². The van der Waals surface area contributed by atoms with E-state index in [0.717, 1.165) is 24.1 Å². The monoisotopic (exact) mass is 284 g/mol. The van der Waals surface area contributed by atoms with Crippen LogP contribution in [0.1, 0.15) is 32.4 Å².